The molecular weight excluding hydrogens is 250 g/mol. The van der Waals surface area contributed by atoms with Gasteiger partial charge in [-0.25, -0.2) is 0 Å². The zero-order chi connectivity index (χ0) is 13.5. The summed E-state index contributed by atoms with van der Waals surface area (Å²) < 4.78 is 0. The second kappa shape index (κ2) is 7.25. The Morgan fingerprint density at radius 1 is 1.00 bits per heavy atom. The number of nitrogens with one attached hydrogen (secondary N) is 1. The highest BCUT2D eigenvalue weighted by atomic mass is 32.2. The van der Waals surface area contributed by atoms with Crippen LogP contribution in [0.3, 0.4) is 0 Å². The Bertz CT molecular complexity index is 522. The third-order valence-corrected chi connectivity index (χ3v) is 4.09. The molecule has 0 aromatic heterocycles. The van der Waals surface area contributed by atoms with Gasteiger partial charge in [0.25, 0.3) is 0 Å². The Balaban J connectivity index is 1.69. The van der Waals surface area contributed by atoms with Crippen molar-refractivity contribution in [3.63, 3.8) is 0 Å². The average molecular weight is 271 g/mol. The van der Waals surface area contributed by atoms with Crippen LogP contribution in [0, 0.1) is 13.8 Å². The van der Waals surface area contributed by atoms with Gasteiger partial charge in [0.05, 0.1) is 0 Å². The molecule has 0 unspecified atom stereocenters. The molecule has 0 fully saturated rings. The predicted molar refractivity (Wildman–Crippen MR) is 87.0 cm³/mol. The van der Waals surface area contributed by atoms with Crippen LogP contribution >= 0.6 is 11.8 Å². The number of benzene rings is 2. The number of hydrogen-bond acceptors (Lipinski definition) is 2. The Morgan fingerprint density at radius 2 is 1.84 bits per heavy atom. The van der Waals surface area contributed by atoms with E-state index in [1.807, 2.05) is 11.8 Å². The lowest BCUT2D eigenvalue weighted by Gasteiger charge is -2.09. The minimum absolute atomic E-state index is 1.02. The van der Waals surface area contributed by atoms with E-state index in [2.05, 4.69) is 67.7 Å². The fourth-order valence-corrected chi connectivity index (χ4v) is 2.83. The van der Waals surface area contributed by atoms with Gasteiger partial charge in [-0.3, -0.25) is 0 Å². The van der Waals surface area contributed by atoms with E-state index < -0.39 is 0 Å². The summed E-state index contributed by atoms with van der Waals surface area (Å²) in [7, 11) is 0. The van der Waals surface area contributed by atoms with E-state index in [4.69, 9.17) is 0 Å². The third kappa shape index (κ3) is 4.64. The van der Waals surface area contributed by atoms with E-state index in [0.717, 1.165) is 18.1 Å². The minimum atomic E-state index is 1.02. The highest BCUT2D eigenvalue weighted by molar-refractivity contribution is 7.98. The second-order valence-electron chi connectivity index (χ2n) is 4.78. The zero-order valence-electron chi connectivity index (χ0n) is 11.6. The number of aryl methyl sites for hydroxylation is 2. The molecule has 2 rings (SSSR count). The largest absolute Gasteiger partial charge is 0.384 e. The Kier molecular flexibility index (Phi) is 5.34. The van der Waals surface area contributed by atoms with E-state index >= 15 is 0 Å². The van der Waals surface area contributed by atoms with Crippen molar-refractivity contribution in [1.29, 1.82) is 0 Å². The van der Waals surface area contributed by atoms with Crippen molar-refractivity contribution in [3.8, 4) is 0 Å². The summed E-state index contributed by atoms with van der Waals surface area (Å²) in [4.78, 5) is 0. The third-order valence-electron chi connectivity index (χ3n) is 3.06. The van der Waals surface area contributed by atoms with Gasteiger partial charge in [-0.05, 0) is 31.0 Å². The van der Waals surface area contributed by atoms with Crippen molar-refractivity contribution in [3.05, 3.63) is 65.2 Å². The van der Waals surface area contributed by atoms with Gasteiger partial charge in [0, 0.05) is 23.7 Å². The highest BCUT2D eigenvalue weighted by Gasteiger charge is 1.97. The van der Waals surface area contributed by atoms with Crippen LogP contribution < -0.4 is 5.32 Å². The maximum Gasteiger partial charge on any atom is 0.0370 e. The van der Waals surface area contributed by atoms with Crippen molar-refractivity contribution in [2.45, 2.75) is 19.6 Å². The molecule has 0 amide bonds. The Labute approximate surface area is 120 Å². The molecule has 2 aromatic rings. The van der Waals surface area contributed by atoms with E-state index in [1.165, 1.54) is 22.4 Å². The molecule has 0 aliphatic carbocycles. The van der Waals surface area contributed by atoms with E-state index in [9.17, 15) is 0 Å². The van der Waals surface area contributed by atoms with E-state index in [1.54, 1.807) is 0 Å². The van der Waals surface area contributed by atoms with Gasteiger partial charge in [0.1, 0.15) is 0 Å². The van der Waals surface area contributed by atoms with Crippen LogP contribution in [-0.2, 0) is 5.75 Å². The van der Waals surface area contributed by atoms with Gasteiger partial charge in [0.2, 0.25) is 0 Å². The molecular formula is C17H21NS. The number of para-hydroxylation sites is 1. The van der Waals surface area contributed by atoms with Crippen LogP contribution in [0.25, 0.3) is 0 Å². The molecule has 100 valence electrons. The first kappa shape index (κ1) is 14.0. The van der Waals surface area contributed by atoms with Crippen molar-refractivity contribution < 1.29 is 0 Å². The van der Waals surface area contributed by atoms with Gasteiger partial charge in [0.15, 0.2) is 0 Å². The first-order valence-corrected chi connectivity index (χ1v) is 7.84. The van der Waals surface area contributed by atoms with Gasteiger partial charge in [-0.2, -0.15) is 11.8 Å². The van der Waals surface area contributed by atoms with Gasteiger partial charge >= 0.3 is 0 Å². The summed E-state index contributed by atoms with van der Waals surface area (Å²) in [5.41, 5.74) is 5.32. The number of thioether (sulfide) groups is 1. The van der Waals surface area contributed by atoms with Gasteiger partial charge < -0.3 is 5.32 Å². The molecule has 0 bridgehead atoms. The maximum absolute atomic E-state index is 3.49. The van der Waals surface area contributed by atoms with E-state index in [0.29, 0.717) is 0 Å². The van der Waals surface area contributed by atoms with Crippen LogP contribution in [0.15, 0.2) is 48.5 Å². The normalized spacial score (nSPS) is 10.4. The molecule has 1 nitrogen and oxygen atoms in total. The molecule has 2 heteroatoms. The van der Waals surface area contributed by atoms with Gasteiger partial charge in [-0.1, -0.05) is 48.0 Å². The van der Waals surface area contributed by atoms with Crippen LogP contribution in [0.2, 0.25) is 0 Å². The standard InChI is InChI=1S/C17H21NS/c1-14-6-5-8-16(12-14)13-19-11-10-18-17-9-4-3-7-15(17)2/h3-9,12,18H,10-11,13H2,1-2H3. The number of hydrogen-bond donors (Lipinski definition) is 1. The molecule has 0 radical (unpaired) electrons. The topological polar surface area (TPSA) is 12.0 Å². The molecule has 0 heterocycles. The summed E-state index contributed by atoms with van der Waals surface area (Å²) in [5.74, 6) is 2.22. The molecule has 1 N–H and O–H groups in total. The average Bonchev–Trinajstić information content (AvgIpc) is 2.40. The molecule has 0 spiro atoms. The van der Waals surface area contributed by atoms with Crippen LogP contribution in [0.4, 0.5) is 5.69 Å². The molecule has 0 aliphatic heterocycles. The highest BCUT2D eigenvalue weighted by Crippen LogP contribution is 2.15. The summed E-state index contributed by atoms with van der Waals surface area (Å²) in [5, 5.41) is 3.49. The lowest BCUT2D eigenvalue weighted by atomic mass is 10.2. The molecule has 0 saturated heterocycles. The fraction of sp³-hybridized carbons (Fsp3) is 0.294. The smallest absolute Gasteiger partial charge is 0.0370 e. The molecule has 2 aromatic carbocycles. The molecule has 19 heavy (non-hydrogen) atoms. The maximum atomic E-state index is 3.49. The number of rotatable bonds is 6. The lowest BCUT2D eigenvalue weighted by Crippen LogP contribution is -2.05. The van der Waals surface area contributed by atoms with Crippen LogP contribution in [0.1, 0.15) is 16.7 Å². The lowest BCUT2D eigenvalue weighted by molar-refractivity contribution is 1.21. The van der Waals surface area contributed by atoms with Gasteiger partial charge in [-0.15, -0.1) is 0 Å². The van der Waals surface area contributed by atoms with Crippen LogP contribution in [-0.4, -0.2) is 12.3 Å². The van der Waals surface area contributed by atoms with E-state index in [-0.39, 0.29) is 0 Å². The van der Waals surface area contributed by atoms with Crippen LogP contribution in [0.5, 0.6) is 0 Å². The summed E-state index contributed by atoms with van der Waals surface area (Å²) >= 11 is 1.98. The molecule has 0 atom stereocenters. The Morgan fingerprint density at radius 3 is 2.63 bits per heavy atom. The Hall–Kier alpha value is -1.41. The van der Waals surface area contributed by atoms with Crippen molar-refractivity contribution in [2.24, 2.45) is 0 Å². The SMILES string of the molecule is Cc1cccc(CSCCNc2ccccc2C)c1. The van der Waals surface area contributed by atoms with Crippen molar-refractivity contribution >= 4 is 17.4 Å². The second-order valence-corrected chi connectivity index (χ2v) is 5.89. The fourth-order valence-electron chi connectivity index (χ4n) is 2.02. The number of anilines is 1. The summed E-state index contributed by atoms with van der Waals surface area (Å²) in [6, 6.07) is 17.2. The summed E-state index contributed by atoms with van der Waals surface area (Å²) in [6.07, 6.45) is 0. The predicted octanol–water partition coefficient (Wildman–Crippen LogP) is 4.65. The quantitative estimate of drug-likeness (QED) is 0.768. The van der Waals surface area contributed by atoms with Crippen molar-refractivity contribution in [2.75, 3.05) is 17.6 Å². The monoisotopic (exact) mass is 271 g/mol. The summed E-state index contributed by atoms with van der Waals surface area (Å²) in [6.45, 7) is 5.30. The first-order valence-electron chi connectivity index (χ1n) is 6.68. The van der Waals surface area contributed by atoms with Crippen molar-refractivity contribution in [1.82, 2.24) is 0 Å². The zero-order valence-corrected chi connectivity index (χ0v) is 12.5. The minimum Gasteiger partial charge on any atom is -0.384 e. The molecule has 0 saturated carbocycles. The molecule has 0 aliphatic rings. The first-order chi connectivity index (χ1) is 9.25.